The number of nitrogens with one attached hydrogen (secondary N) is 3. The van der Waals surface area contributed by atoms with Gasteiger partial charge in [-0.25, -0.2) is 9.29 Å². The maximum atomic E-state index is 9.31. The van der Waals surface area contributed by atoms with E-state index in [-0.39, 0.29) is 0 Å². The average molecular weight is 521 g/mol. The van der Waals surface area contributed by atoms with Crippen LogP contribution in [0.1, 0.15) is 56.1 Å². The molecule has 1 aliphatic heterocycles. The summed E-state index contributed by atoms with van der Waals surface area (Å²) in [7, 11) is 1.97. The van der Waals surface area contributed by atoms with Gasteiger partial charge in [-0.1, -0.05) is 12.1 Å². The van der Waals surface area contributed by atoms with Crippen LogP contribution in [0.5, 0.6) is 0 Å². The summed E-state index contributed by atoms with van der Waals surface area (Å²) in [6, 6.07) is 13.9. The number of pyridine rings is 1. The lowest BCUT2D eigenvalue weighted by Gasteiger charge is -2.39. The maximum absolute atomic E-state index is 9.31. The van der Waals surface area contributed by atoms with E-state index in [9.17, 15) is 5.26 Å². The fourth-order valence-electron chi connectivity index (χ4n) is 5.81. The molecule has 0 bridgehead atoms. The van der Waals surface area contributed by atoms with E-state index in [0.717, 1.165) is 42.0 Å². The van der Waals surface area contributed by atoms with Crippen molar-refractivity contribution in [2.75, 3.05) is 26.7 Å². The van der Waals surface area contributed by atoms with Gasteiger partial charge in [0.1, 0.15) is 11.7 Å². The smallest absolute Gasteiger partial charge is 0.138 e. The molecule has 3 aromatic rings. The molecule has 2 aliphatic rings. The molecule has 1 saturated heterocycles. The second-order valence-corrected chi connectivity index (χ2v) is 12.5. The number of benzene rings is 1. The summed E-state index contributed by atoms with van der Waals surface area (Å²) in [5, 5.41) is 14.1. The predicted octanol–water partition coefficient (Wildman–Crippen LogP) is 5.92. The molecule has 1 aliphatic carbocycles. The molecular weight excluding hydrogens is 484 g/mol. The van der Waals surface area contributed by atoms with Gasteiger partial charge in [-0.3, -0.25) is 4.72 Å². The van der Waals surface area contributed by atoms with Crippen LogP contribution < -0.4 is 10.0 Å². The van der Waals surface area contributed by atoms with Crippen molar-refractivity contribution in [2.24, 2.45) is 5.41 Å². The molecule has 3 heterocycles. The van der Waals surface area contributed by atoms with Crippen molar-refractivity contribution in [3.05, 3.63) is 53.9 Å². The zero-order valence-corrected chi connectivity index (χ0v) is 22.7. The van der Waals surface area contributed by atoms with Gasteiger partial charge in [-0.2, -0.15) is 5.26 Å². The van der Waals surface area contributed by atoms with Gasteiger partial charge in [0, 0.05) is 46.7 Å². The van der Waals surface area contributed by atoms with Crippen LogP contribution in [0.4, 0.5) is 0 Å². The van der Waals surface area contributed by atoms with Crippen molar-refractivity contribution in [3.63, 3.8) is 0 Å². The third-order valence-electron chi connectivity index (χ3n) is 7.79. The number of nitrogens with zero attached hydrogens (tertiary/aromatic N) is 3. The topological polar surface area (TPSA) is 79.8 Å². The van der Waals surface area contributed by atoms with E-state index in [1.807, 2.05) is 13.2 Å². The number of rotatable bonds is 10. The van der Waals surface area contributed by atoms with Crippen LogP contribution in [0.2, 0.25) is 0 Å². The number of nitriles is 1. The Morgan fingerprint density at radius 2 is 2.08 bits per heavy atom. The minimum Gasteiger partial charge on any atom is -0.345 e. The van der Waals surface area contributed by atoms with Crippen LogP contribution in [-0.4, -0.2) is 47.0 Å². The Morgan fingerprint density at radius 1 is 1.19 bits per heavy atom. The number of aromatic amines is 1. The second kappa shape index (κ2) is 12.0. The highest BCUT2D eigenvalue weighted by molar-refractivity contribution is 7.97. The highest BCUT2D eigenvalue weighted by atomic mass is 32.2. The van der Waals surface area contributed by atoms with Gasteiger partial charge in [0.05, 0.1) is 5.56 Å². The van der Waals surface area contributed by atoms with Crippen molar-refractivity contribution in [2.45, 2.75) is 67.2 Å². The molecule has 1 saturated carbocycles. The molecule has 5 rings (SSSR count). The number of fused-ring (bicyclic) bond motifs is 1. The summed E-state index contributed by atoms with van der Waals surface area (Å²) in [6.07, 6.45) is 13.9. The molecule has 1 atom stereocenters. The second-order valence-electron chi connectivity index (χ2n) is 10.2. The fraction of sp³-hybridized carbons (Fsp3) is 0.500. The molecule has 0 amide bonds. The van der Waals surface area contributed by atoms with E-state index >= 15 is 0 Å². The van der Waals surface area contributed by atoms with E-state index in [1.165, 1.54) is 55.4 Å². The first-order chi connectivity index (χ1) is 17.7. The summed E-state index contributed by atoms with van der Waals surface area (Å²) >= 11 is 3.47. The summed E-state index contributed by atoms with van der Waals surface area (Å²) in [6.45, 7) is 3.38. The number of hydrogen-bond acceptors (Lipinski definition) is 7. The van der Waals surface area contributed by atoms with Crippen molar-refractivity contribution >= 4 is 34.9 Å². The molecule has 0 radical (unpaired) electrons. The number of unbranched alkanes of at least 4 members (excludes halogenated alkanes) is 1. The molecule has 36 heavy (non-hydrogen) atoms. The molecule has 1 spiro atoms. The lowest BCUT2D eigenvalue weighted by Crippen LogP contribution is -2.37. The van der Waals surface area contributed by atoms with Crippen molar-refractivity contribution in [3.8, 4) is 6.07 Å². The molecule has 1 aromatic carbocycles. The molecule has 8 heteroatoms. The predicted molar refractivity (Wildman–Crippen MR) is 150 cm³/mol. The maximum Gasteiger partial charge on any atom is 0.138 e. The highest BCUT2D eigenvalue weighted by Gasteiger charge is 2.41. The fourth-order valence-corrected chi connectivity index (χ4v) is 7.33. The first-order valence-corrected chi connectivity index (χ1v) is 14.7. The van der Waals surface area contributed by atoms with Crippen LogP contribution in [-0.2, 0) is 6.42 Å². The third kappa shape index (κ3) is 6.27. The standard InChI is InChI=1S/C28H36N6S2/c1-30-35-24-7-4-6-21(15-24)5-2-3-12-31-23-8-9-28(17-23)10-13-34(14-11-28)36-25-16-26-22(18-29)19-32-27(26)33-20-25/h4,6-7,15-16,19-20,23,30-31H,2-3,5,8-14,17H2,1H3,(H,32,33). The number of piperidine rings is 1. The molecule has 6 nitrogen and oxygen atoms in total. The summed E-state index contributed by atoms with van der Waals surface area (Å²) in [5.74, 6) is 0. The van der Waals surface area contributed by atoms with E-state index in [4.69, 9.17) is 0 Å². The van der Waals surface area contributed by atoms with E-state index in [2.05, 4.69) is 60.7 Å². The first kappa shape index (κ1) is 25.6. The van der Waals surface area contributed by atoms with Gasteiger partial charge in [0.15, 0.2) is 0 Å². The zero-order chi connectivity index (χ0) is 24.8. The zero-order valence-electron chi connectivity index (χ0n) is 21.1. The van der Waals surface area contributed by atoms with Gasteiger partial charge in [-0.05, 0) is 118 Å². The number of aryl methyl sites for hydroxylation is 1. The normalized spacial score (nSPS) is 19.7. The van der Waals surface area contributed by atoms with Gasteiger partial charge in [-0.15, -0.1) is 0 Å². The van der Waals surface area contributed by atoms with Gasteiger partial charge < -0.3 is 10.3 Å². The van der Waals surface area contributed by atoms with E-state index in [0.29, 0.717) is 17.0 Å². The van der Waals surface area contributed by atoms with E-state index < -0.39 is 0 Å². The highest BCUT2D eigenvalue weighted by Crippen LogP contribution is 2.47. The Morgan fingerprint density at radius 3 is 2.92 bits per heavy atom. The Labute approximate surface area is 223 Å². The van der Waals surface area contributed by atoms with Gasteiger partial charge >= 0.3 is 0 Å². The monoisotopic (exact) mass is 520 g/mol. The van der Waals surface area contributed by atoms with Crippen LogP contribution in [0, 0.1) is 16.7 Å². The Hall–Kier alpha value is -2.02. The SMILES string of the molecule is CNSc1cccc(CCCCNC2CCC3(CCN(Sc4cnc5[nH]cc(C#N)c5c4)CC3)C2)c1. The Kier molecular flexibility index (Phi) is 8.55. The van der Waals surface area contributed by atoms with Gasteiger partial charge in [0.25, 0.3) is 0 Å². The van der Waals surface area contributed by atoms with Crippen LogP contribution in [0.3, 0.4) is 0 Å². The molecule has 190 valence electrons. The number of aromatic nitrogens is 2. The summed E-state index contributed by atoms with van der Waals surface area (Å²) in [4.78, 5) is 9.99. The van der Waals surface area contributed by atoms with Crippen LogP contribution >= 0.6 is 23.9 Å². The van der Waals surface area contributed by atoms with Crippen LogP contribution in [0.25, 0.3) is 11.0 Å². The molecule has 2 aromatic heterocycles. The minimum atomic E-state index is 0.525. The molecular formula is C28H36N6S2. The van der Waals surface area contributed by atoms with E-state index in [1.54, 1.807) is 30.1 Å². The third-order valence-corrected chi connectivity index (χ3v) is 9.54. The molecule has 2 fully saturated rings. The Bertz CT molecular complexity index is 1190. The van der Waals surface area contributed by atoms with Crippen molar-refractivity contribution in [1.82, 2.24) is 24.3 Å². The lowest BCUT2D eigenvalue weighted by molar-refractivity contribution is 0.163. The molecule has 1 unspecified atom stereocenters. The van der Waals surface area contributed by atoms with Crippen molar-refractivity contribution < 1.29 is 0 Å². The summed E-state index contributed by atoms with van der Waals surface area (Å²) in [5.41, 5.74) is 3.42. The molecule has 3 N–H and O–H groups in total. The Balaban J connectivity index is 1.02. The minimum absolute atomic E-state index is 0.525. The summed E-state index contributed by atoms with van der Waals surface area (Å²) < 4.78 is 5.64. The lowest BCUT2D eigenvalue weighted by atomic mass is 9.77. The van der Waals surface area contributed by atoms with Crippen LogP contribution in [0.15, 0.2) is 52.5 Å². The average Bonchev–Trinajstić information content (AvgIpc) is 3.49. The van der Waals surface area contributed by atoms with Crippen molar-refractivity contribution in [1.29, 1.82) is 5.26 Å². The first-order valence-electron chi connectivity index (χ1n) is 13.1. The quantitative estimate of drug-likeness (QED) is 0.226. The van der Waals surface area contributed by atoms with Gasteiger partial charge in [0.2, 0.25) is 0 Å². The number of H-pyrrole nitrogens is 1. The number of hydrogen-bond donors (Lipinski definition) is 3. The largest absolute Gasteiger partial charge is 0.345 e.